The molecule has 0 aromatic carbocycles. The van der Waals surface area contributed by atoms with Gasteiger partial charge in [-0.1, -0.05) is 0 Å². The van der Waals surface area contributed by atoms with Crippen LogP contribution < -0.4 is 4.90 Å². The summed E-state index contributed by atoms with van der Waals surface area (Å²) in [6, 6.07) is 5.70. The second-order valence-corrected chi connectivity index (χ2v) is 6.04. The van der Waals surface area contributed by atoms with Crippen LogP contribution in [0.2, 0.25) is 0 Å². The van der Waals surface area contributed by atoms with Gasteiger partial charge in [0, 0.05) is 51.4 Å². The summed E-state index contributed by atoms with van der Waals surface area (Å²) < 4.78 is 5.39. The number of aliphatic hydroxyl groups excluding tert-OH is 1. The van der Waals surface area contributed by atoms with Crippen molar-refractivity contribution in [3.63, 3.8) is 0 Å². The minimum Gasteiger partial charge on any atom is -0.396 e. The number of rotatable bonds is 4. The molecular formula is C16H22N4O2. The third-order valence-electron chi connectivity index (χ3n) is 4.61. The van der Waals surface area contributed by atoms with Gasteiger partial charge in [-0.25, -0.2) is 4.98 Å². The monoisotopic (exact) mass is 302 g/mol. The van der Waals surface area contributed by atoms with E-state index in [4.69, 9.17) is 10.00 Å². The van der Waals surface area contributed by atoms with Gasteiger partial charge in [0.25, 0.3) is 0 Å². The molecule has 6 heteroatoms. The minimum atomic E-state index is 0.198. The van der Waals surface area contributed by atoms with Crippen LogP contribution in [0.3, 0.4) is 0 Å². The Balaban J connectivity index is 1.67. The number of aromatic nitrogens is 1. The highest BCUT2D eigenvalue weighted by molar-refractivity contribution is 5.46. The number of nitriles is 1. The summed E-state index contributed by atoms with van der Waals surface area (Å²) in [5, 5.41) is 18.7. The van der Waals surface area contributed by atoms with Gasteiger partial charge in [0.1, 0.15) is 5.82 Å². The van der Waals surface area contributed by atoms with Gasteiger partial charge in [-0.2, -0.15) is 5.26 Å². The first-order valence-electron chi connectivity index (χ1n) is 7.82. The molecule has 0 unspecified atom stereocenters. The molecule has 2 atom stereocenters. The van der Waals surface area contributed by atoms with Gasteiger partial charge >= 0.3 is 0 Å². The maximum absolute atomic E-state index is 9.69. The average molecular weight is 302 g/mol. The summed E-state index contributed by atoms with van der Waals surface area (Å²) >= 11 is 0. The first-order chi connectivity index (χ1) is 10.8. The van der Waals surface area contributed by atoms with E-state index in [1.165, 1.54) is 0 Å². The van der Waals surface area contributed by atoms with Crippen LogP contribution in [0.4, 0.5) is 5.82 Å². The molecule has 1 N–H and O–H groups in total. The Hall–Kier alpha value is -1.68. The van der Waals surface area contributed by atoms with Crippen LogP contribution in [0.15, 0.2) is 18.3 Å². The van der Waals surface area contributed by atoms with Gasteiger partial charge in [0.05, 0.1) is 24.8 Å². The van der Waals surface area contributed by atoms with E-state index in [1.807, 2.05) is 6.07 Å². The summed E-state index contributed by atoms with van der Waals surface area (Å²) in [5.74, 6) is 1.52. The van der Waals surface area contributed by atoms with E-state index in [-0.39, 0.29) is 12.5 Å². The second-order valence-electron chi connectivity index (χ2n) is 6.04. The molecule has 2 saturated heterocycles. The van der Waals surface area contributed by atoms with Crippen LogP contribution >= 0.6 is 0 Å². The number of morpholine rings is 1. The predicted molar refractivity (Wildman–Crippen MR) is 82.5 cm³/mol. The topological polar surface area (TPSA) is 72.6 Å². The quantitative estimate of drug-likeness (QED) is 0.864. The Labute approximate surface area is 130 Å². The second kappa shape index (κ2) is 7.05. The fourth-order valence-corrected chi connectivity index (χ4v) is 3.32. The van der Waals surface area contributed by atoms with E-state index in [2.05, 4.69) is 20.9 Å². The Morgan fingerprint density at radius 2 is 2.09 bits per heavy atom. The largest absolute Gasteiger partial charge is 0.396 e. The SMILES string of the molecule is N#Cc1ccnc(N2C[C@@H](CN3CCOCC3)[C@@H](CO)C2)c1. The zero-order chi connectivity index (χ0) is 15.4. The number of hydrogen-bond donors (Lipinski definition) is 1. The summed E-state index contributed by atoms with van der Waals surface area (Å²) in [6.45, 7) is 6.40. The van der Waals surface area contributed by atoms with Crippen molar-refractivity contribution >= 4 is 5.82 Å². The third-order valence-corrected chi connectivity index (χ3v) is 4.61. The molecule has 0 radical (unpaired) electrons. The van der Waals surface area contributed by atoms with Crippen molar-refractivity contribution in [1.29, 1.82) is 5.26 Å². The molecule has 0 saturated carbocycles. The maximum atomic E-state index is 9.69. The van der Waals surface area contributed by atoms with Gasteiger partial charge < -0.3 is 14.7 Å². The van der Waals surface area contributed by atoms with Crippen molar-refractivity contribution in [2.45, 2.75) is 0 Å². The Morgan fingerprint density at radius 3 is 2.82 bits per heavy atom. The molecule has 0 amide bonds. The molecule has 1 aromatic heterocycles. The Kier molecular flexibility index (Phi) is 4.88. The van der Waals surface area contributed by atoms with Crippen LogP contribution in [0, 0.1) is 23.2 Å². The molecule has 2 aliphatic heterocycles. The zero-order valence-corrected chi connectivity index (χ0v) is 12.7. The van der Waals surface area contributed by atoms with Crippen molar-refractivity contribution < 1.29 is 9.84 Å². The maximum Gasteiger partial charge on any atom is 0.129 e. The van der Waals surface area contributed by atoms with Crippen molar-refractivity contribution in [1.82, 2.24) is 9.88 Å². The number of aliphatic hydroxyl groups is 1. The number of ether oxygens (including phenoxy) is 1. The predicted octanol–water partition coefficient (Wildman–Crippen LogP) is 0.330. The van der Waals surface area contributed by atoms with Gasteiger partial charge in [-0.15, -0.1) is 0 Å². The molecule has 3 heterocycles. The lowest BCUT2D eigenvalue weighted by Gasteiger charge is -2.30. The summed E-state index contributed by atoms with van der Waals surface area (Å²) in [4.78, 5) is 8.98. The first kappa shape index (κ1) is 15.2. The van der Waals surface area contributed by atoms with E-state index < -0.39 is 0 Å². The molecule has 118 valence electrons. The van der Waals surface area contributed by atoms with E-state index in [9.17, 15) is 5.11 Å². The van der Waals surface area contributed by atoms with Gasteiger partial charge in [-0.3, -0.25) is 4.90 Å². The van der Waals surface area contributed by atoms with Crippen molar-refractivity contribution in [3.8, 4) is 6.07 Å². The molecule has 0 aliphatic carbocycles. The van der Waals surface area contributed by atoms with Crippen LogP contribution in [0.25, 0.3) is 0 Å². The lowest BCUT2D eigenvalue weighted by atomic mass is 9.96. The fraction of sp³-hybridized carbons (Fsp3) is 0.625. The highest BCUT2D eigenvalue weighted by atomic mass is 16.5. The first-order valence-corrected chi connectivity index (χ1v) is 7.82. The summed E-state index contributed by atoms with van der Waals surface area (Å²) in [6.07, 6.45) is 1.68. The fourth-order valence-electron chi connectivity index (χ4n) is 3.32. The highest BCUT2D eigenvalue weighted by Crippen LogP contribution is 2.28. The zero-order valence-electron chi connectivity index (χ0n) is 12.7. The summed E-state index contributed by atoms with van der Waals surface area (Å²) in [5.41, 5.74) is 0.627. The highest BCUT2D eigenvalue weighted by Gasteiger charge is 2.34. The third kappa shape index (κ3) is 3.38. The van der Waals surface area contributed by atoms with Crippen molar-refractivity contribution in [2.24, 2.45) is 11.8 Å². The van der Waals surface area contributed by atoms with Crippen LogP contribution in [-0.2, 0) is 4.74 Å². The molecule has 22 heavy (non-hydrogen) atoms. The van der Waals surface area contributed by atoms with Gasteiger partial charge in [0.2, 0.25) is 0 Å². The summed E-state index contributed by atoms with van der Waals surface area (Å²) in [7, 11) is 0. The Bertz CT molecular complexity index is 539. The smallest absolute Gasteiger partial charge is 0.129 e. The van der Waals surface area contributed by atoms with E-state index in [1.54, 1.807) is 12.3 Å². The Morgan fingerprint density at radius 1 is 1.32 bits per heavy atom. The van der Waals surface area contributed by atoms with Gasteiger partial charge in [-0.05, 0) is 18.1 Å². The average Bonchev–Trinajstić information content (AvgIpc) is 2.99. The van der Waals surface area contributed by atoms with E-state index >= 15 is 0 Å². The van der Waals surface area contributed by atoms with Crippen LogP contribution in [-0.4, -0.2) is 67.5 Å². The molecule has 2 fully saturated rings. The minimum absolute atomic E-state index is 0.198. The molecule has 2 aliphatic rings. The molecule has 0 bridgehead atoms. The number of hydrogen-bond acceptors (Lipinski definition) is 6. The molecule has 6 nitrogen and oxygen atoms in total. The molecule has 0 spiro atoms. The van der Waals surface area contributed by atoms with Crippen molar-refractivity contribution in [3.05, 3.63) is 23.9 Å². The van der Waals surface area contributed by atoms with E-state index in [0.29, 0.717) is 11.5 Å². The number of anilines is 1. The van der Waals surface area contributed by atoms with Crippen molar-refractivity contribution in [2.75, 3.05) is 57.4 Å². The normalized spacial score (nSPS) is 26.1. The van der Waals surface area contributed by atoms with E-state index in [0.717, 1.165) is 51.8 Å². The molecule has 1 aromatic rings. The molecule has 3 rings (SSSR count). The molecular weight excluding hydrogens is 280 g/mol. The number of pyridine rings is 1. The van der Waals surface area contributed by atoms with Crippen LogP contribution in [0.5, 0.6) is 0 Å². The van der Waals surface area contributed by atoms with Crippen LogP contribution in [0.1, 0.15) is 5.56 Å². The van der Waals surface area contributed by atoms with Gasteiger partial charge in [0.15, 0.2) is 0 Å². The lowest BCUT2D eigenvalue weighted by molar-refractivity contribution is 0.0268. The standard InChI is InChI=1S/C16H22N4O2/c17-8-13-1-2-18-16(7-13)20-10-14(15(11-20)12-21)9-19-3-5-22-6-4-19/h1-2,7,14-15,21H,3-6,9-12H2/t14-,15-/m1/s1. The lowest BCUT2D eigenvalue weighted by Crippen LogP contribution is -2.41. The number of nitrogens with zero attached hydrogens (tertiary/aromatic N) is 4.